The summed E-state index contributed by atoms with van der Waals surface area (Å²) in [6, 6.07) is -3.97. The van der Waals surface area contributed by atoms with E-state index in [9.17, 15) is 28.8 Å². The SMILES string of the molecule is CCCC(NC(=O)[C@@H]1CCCN1C(=O)C(NC(=O)NC(C(=O)C1CC1)C1CCCCC1)C(C)(C)C)C(=O)C(N)=O. The number of nitrogens with one attached hydrogen (secondary N) is 3. The van der Waals surface area contributed by atoms with E-state index >= 15 is 0 Å². The van der Waals surface area contributed by atoms with E-state index in [4.69, 9.17) is 5.73 Å². The van der Waals surface area contributed by atoms with Crippen LogP contribution in [0.15, 0.2) is 0 Å². The number of likely N-dealkylation sites (tertiary alicyclic amines) is 1. The minimum absolute atomic E-state index is 0.00845. The molecule has 2 aliphatic carbocycles. The summed E-state index contributed by atoms with van der Waals surface area (Å²) in [6.07, 6.45) is 8.48. The quantitative estimate of drug-likeness (QED) is 0.266. The van der Waals surface area contributed by atoms with Gasteiger partial charge in [-0.15, -0.1) is 0 Å². The van der Waals surface area contributed by atoms with Crippen molar-refractivity contribution in [1.82, 2.24) is 20.9 Å². The van der Waals surface area contributed by atoms with Gasteiger partial charge < -0.3 is 26.6 Å². The molecule has 1 aliphatic heterocycles. The summed E-state index contributed by atoms with van der Waals surface area (Å²) in [7, 11) is 0. The van der Waals surface area contributed by atoms with Gasteiger partial charge in [0.05, 0.1) is 12.1 Å². The number of rotatable bonds is 12. The molecule has 11 nitrogen and oxygen atoms in total. The third-order valence-electron chi connectivity index (χ3n) is 8.37. The standard InChI is InChI=1S/C29H47N5O6/c1-5-10-19(23(36)25(30)37)31-26(38)20-13-9-16-34(20)27(39)24(29(2,3)4)33-28(40)32-21(22(35)18-14-15-18)17-11-7-6-8-12-17/h17-21,24H,5-16H2,1-4H3,(H2,30,37)(H,31,38)(H2,32,33,40)/t19?,20-,21?,24?/m0/s1. The number of hydrogen-bond acceptors (Lipinski definition) is 6. The fourth-order valence-electron chi connectivity index (χ4n) is 5.94. The zero-order chi connectivity index (χ0) is 29.6. The van der Waals surface area contributed by atoms with Gasteiger partial charge in [-0.2, -0.15) is 0 Å². The Hall–Kier alpha value is -2.98. The van der Waals surface area contributed by atoms with Crippen molar-refractivity contribution in [3.8, 4) is 0 Å². The molecule has 3 fully saturated rings. The van der Waals surface area contributed by atoms with E-state index < -0.39 is 59.1 Å². The van der Waals surface area contributed by atoms with Gasteiger partial charge in [-0.05, 0) is 56.3 Å². The van der Waals surface area contributed by atoms with Gasteiger partial charge in [0.25, 0.3) is 5.91 Å². The van der Waals surface area contributed by atoms with E-state index in [0.717, 1.165) is 44.9 Å². The summed E-state index contributed by atoms with van der Waals surface area (Å²) >= 11 is 0. The maximum absolute atomic E-state index is 13.8. The number of urea groups is 1. The normalized spacial score (nSPS) is 22.1. The van der Waals surface area contributed by atoms with Gasteiger partial charge in [-0.25, -0.2) is 4.79 Å². The maximum Gasteiger partial charge on any atom is 0.316 e. The highest BCUT2D eigenvalue weighted by molar-refractivity contribution is 6.37. The minimum atomic E-state index is -1.12. The minimum Gasteiger partial charge on any atom is -0.363 e. The van der Waals surface area contributed by atoms with E-state index in [1.807, 2.05) is 27.7 Å². The molecule has 5 N–H and O–H groups in total. The molecule has 0 spiro atoms. The first-order chi connectivity index (χ1) is 18.8. The van der Waals surface area contributed by atoms with Crippen molar-refractivity contribution >= 4 is 35.3 Å². The fourth-order valence-corrected chi connectivity index (χ4v) is 5.94. The zero-order valence-corrected chi connectivity index (χ0v) is 24.4. The van der Waals surface area contributed by atoms with Crippen LogP contribution in [0.1, 0.15) is 98.3 Å². The van der Waals surface area contributed by atoms with E-state index in [0.29, 0.717) is 25.8 Å². The van der Waals surface area contributed by atoms with Crippen LogP contribution in [0.4, 0.5) is 4.79 Å². The number of primary amides is 1. The Morgan fingerprint density at radius 2 is 1.52 bits per heavy atom. The molecule has 224 valence electrons. The number of hydrogen-bond donors (Lipinski definition) is 4. The summed E-state index contributed by atoms with van der Waals surface area (Å²) in [4.78, 5) is 78.5. The lowest BCUT2D eigenvalue weighted by Gasteiger charge is -2.36. The Kier molecular flexibility index (Phi) is 10.7. The highest BCUT2D eigenvalue weighted by atomic mass is 16.2. The molecule has 1 heterocycles. The predicted octanol–water partition coefficient (Wildman–Crippen LogP) is 1.96. The molecule has 40 heavy (non-hydrogen) atoms. The molecule has 3 aliphatic rings. The molecule has 3 rings (SSSR count). The largest absolute Gasteiger partial charge is 0.363 e. The average molecular weight is 562 g/mol. The van der Waals surface area contributed by atoms with Crippen LogP contribution < -0.4 is 21.7 Å². The van der Waals surface area contributed by atoms with Crippen molar-refractivity contribution in [2.75, 3.05) is 6.54 Å². The predicted molar refractivity (Wildman–Crippen MR) is 149 cm³/mol. The molecule has 11 heteroatoms. The lowest BCUT2D eigenvalue weighted by atomic mass is 9.81. The molecule has 0 bridgehead atoms. The summed E-state index contributed by atoms with van der Waals surface area (Å²) in [5.74, 6) is -2.72. The molecular formula is C29H47N5O6. The van der Waals surface area contributed by atoms with Gasteiger partial charge in [-0.3, -0.25) is 24.0 Å². The summed E-state index contributed by atoms with van der Waals surface area (Å²) in [6.45, 7) is 7.63. The first-order valence-corrected chi connectivity index (χ1v) is 14.9. The molecule has 0 aromatic rings. The van der Waals surface area contributed by atoms with Crippen LogP contribution in [0.5, 0.6) is 0 Å². The van der Waals surface area contributed by atoms with Crippen molar-refractivity contribution in [2.45, 2.75) is 122 Å². The number of carbonyl (C=O) groups is 6. The molecular weight excluding hydrogens is 514 g/mol. The van der Waals surface area contributed by atoms with Crippen LogP contribution in [0.3, 0.4) is 0 Å². The smallest absolute Gasteiger partial charge is 0.316 e. The number of ketones is 2. The maximum atomic E-state index is 13.8. The molecule has 1 saturated heterocycles. The van der Waals surface area contributed by atoms with Crippen molar-refractivity contribution in [1.29, 1.82) is 0 Å². The Bertz CT molecular complexity index is 982. The lowest BCUT2D eigenvalue weighted by molar-refractivity contribution is -0.143. The zero-order valence-electron chi connectivity index (χ0n) is 24.4. The van der Waals surface area contributed by atoms with Crippen molar-refractivity contribution in [3.63, 3.8) is 0 Å². The summed E-state index contributed by atoms with van der Waals surface area (Å²) in [5, 5.41) is 8.37. The van der Waals surface area contributed by atoms with Crippen LogP contribution in [-0.2, 0) is 24.0 Å². The summed E-state index contributed by atoms with van der Waals surface area (Å²) in [5.41, 5.74) is 4.47. The second-order valence-corrected chi connectivity index (χ2v) is 12.7. The average Bonchev–Trinajstić information content (AvgIpc) is 3.64. The van der Waals surface area contributed by atoms with Gasteiger partial charge in [0.15, 0.2) is 5.78 Å². The van der Waals surface area contributed by atoms with Crippen LogP contribution in [0.2, 0.25) is 0 Å². The number of nitrogens with two attached hydrogens (primary N) is 1. The third-order valence-corrected chi connectivity index (χ3v) is 8.37. The van der Waals surface area contributed by atoms with Gasteiger partial charge in [0, 0.05) is 12.5 Å². The van der Waals surface area contributed by atoms with Crippen molar-refractivity contribution in [2.24, 2.45) is 23.0 Å². The van der Waals surface area contributed by atoms with Gasteiger partial charge in [0.2, 0.25) is 17.6 Å². The monoisotopic (exact) mass is 561 g/mol. The number of carbonyl (C=O) groups excluding carboxylic acids is 6. The fraction of sp³-hybridized carbons (Fsp3) is 0.793. The Balaban J connectivity index is 1.72. The first-order valence-electron chi connectivity index (χ1n) is 14.9. The highest BCUT2D eigenvalue weighted by Crippen LogP contribution is 2.35. The number of Topliss-reactive ketones (excluding diaryl/α,β-unsaturated/α-hetero) is 2. The van der Waals surface area contributed by atoms with Crippen LogP contribution in [0.25, 0.3) is 0 Å². The molecule has 0 aromatic carbocycles. The van der Waals surface area contributed by atoms with Crippen LogP contribution >= 0.6 is 0 Å². The van der Waals surface area contributed by atoms with Crippen LogP contribution in [0, 0.1) is 17.3 Å². The van der Waals surface area contributed by atoms with Gasteiger partial charge in [0.1, 0.15) is 12.1 Å². The molecule has 2 saturated carbocycles. The van der Waals surface area contributed by atoms with Gasteiger partial charge in [-0.1, -0.05) is 53.4 Å². The van der Waals surface area contributed by atoms with Crippen molar-refractivity contribution < 1.29 is 28.8 Å². The molecule has 5 amide bonds. The van der Waals surface area contributed by atoms with Crippen molar-refractivity contribution in [3.05, 3.63) is 0 Å². The Labute approximate surface area is 237 Å². The highest BCUT2D eigenvalue weighted by Gasteiger charge is 2.44. The molecule has 4 atom stereocenters. The second kappa shape index (κ2) is 13.6. The molecule has 0 aromatic heterocycles. The number of amides is 5. The van der Waals surface area contributed by atoms with Crippen LogP contribution in [-0.4, -0.2) is 70.9 Å². The first kappa shape index (κ1) is 31.5. The van der Waals surface area contributed by atoms with E-state index in [2.05, 4.69) is 16.0 Å². The lowest BCUT2D eigenvalue weighted by Crippen LogP contribution is -2.61. The Morgan fingerprint density at radius 3 is 2.08 bits per heavy atom. The summed E-state index contributed by atoms with van der Waals surface area (Å²) < 4.78 is 0. The molecule has 3 unspecified atom stereocenters. The van der Waals surface area contributed by atoms with E-state index in [-0.39, 0.29) is 24.0 Å². The Morgan fingerprint density at radius 1 is 0.875 bits per heavy atom. The topological polar surface area (TPSA) is 168 Å². The van der Waals surface area contributed by atoms with E-state index in [1.165, 1.54) is 4.90 Å². The van der Waals surface area contributed by atoms with Gasteiger partial charge >= 0.3 is 6.03 Å². The second-order valence-electron chi connectivity index (χ2n) is 12.7. The molecule has 0 radical (unpaired) electrons. The van der Waals surface area contributed by atoms with E-state index in [1.54, 1.807) is 0 Å². The third kappa shape index (κ3) is 8.04. The number of nitrogens with zero attached hydrogens (tertiary/aromatic N) is 1.